The van der Waals surface area contributed by atoms with Crippen LogP contribution in [0.1, 0.15) is 8.22 Å². The average Bonchev–Trinajstić information content (AvgIpc) is 1.59. The Labute approximate surface area is 40.7 Å². The van der Waals surface area contributed by atoms with Gasteiger partial charge in [-0.15, -0.1) is 0 Å². The molecule has 0 aromatic carbocycles. The summed E-state index contributed by atoms with van der Waals surface area (Å²) in [5.41, 5.74) is -4.41. The zero-order valence-corrected chi connectivity index (χ0v) is 4.60. The van der Waals surface area contributed by atoms with E-state index in [1.165, 1.54) is 5.76 Å². The molecule has 25 valence electrons. The summed E-state index contributed by atoms with van der Waals surface area (Å²) in [5, 5.41) is 0. The molecule has 0 amide bonds. The molecule has 1 heteroatoms. The molecule has 0 nitrogen and oxygen atoms in total. The summed E-state index contributed by atoms with van der Waals surface area (Å²) < 4.78 is 41.0. The molecule has 0 bridgehead atoms. The molecule has 0 aromatic rings. The fraction of sp³-hybridized carbons (Fsp3) is 1.00. The Morgan fingerprint density at radius 3 is 2.25 bits per heavy atom. The summed E-state index contributed by atoms with van der Waals surface area (Å²) in [6, 6.07) is 0. The molecular weight excluding hydrogens is 109 g/mol. The number of rotatable bonds is 0. The zero-order chi connectivity index (χ0) is 8.58. The third kappa shape index (κ3) is 20.5. The van der Waals surface area contributed by atoms with E-state index in [1.807, 2.05) is 0 Å². The summed E-state index contributed by atoms with van der Waals surface area (Å²) in [5.74, 6) is 1.38. The van der Waals surface area contributed by atoms with Gasteiger partial charge in [0.25, 0.3) is 0 Å². The molecule has 4 heavy (non-hydrogen) atoms. The monoisotopic (exact) mass is 125 g/mol. The van der Waals surface area contributed by atoms with Gasteiger partial charge in [0.2, 0.25) is 0 Å². The molecule has 0 spiro atoms. The first-order valence-electron chi connectivity index (χ1n) is 4.00. The average molecular weight is 124 g/mol. The van der Waals surface area contributed by atoms with E-state index in [-0.39, 0.29) is 0 Å². The molecule has 0 heterocycles. The fourth-order valence-corrected chi connectivity index (χ4v) is 0. The molecular formula is C3H9Ge. The van der Waals surface area contributed by atoms with Crippen molar-refractivity contribution in [1.29, 1.82) is 0 Å². The van der Waals surface area contributed by atoms with Crippen LogP contribution in [-0.4, -0.2) is 14.3 Å². The minimum atomic E-state index is -2.85. The normalized spacial score (nSPS) is 37.5. The van der Waals surface area contributed by atoms with Gasteiger partial charge in [-0.2, -0.15) is 0 Å². The van der Waals surface area contributed by atoms with Gasteiger partial charge in [-0.1, -0.05) is 0 Å². The van der Waals surface area contributed by atoms with Crippen LogP contribution >= 0.6 is 0 Å². The van der Waals surface area contributed by atoms with Crippen molar-refractivity contribution in [2.24, 2.45) is 0 Å². The van der Waals surface area contributed by atoms with Crippen LogP contribution < -0.4 is 0 Å². The van der Waals surface area contributed by atoms with E-state index in [0.717, 1.165) is 0 Å². The van der Waals surface area contributed by atoms with Gasteiger partial charge in [0.15, 0.2) is 0 Å². The summed E-state index contributed by atoms with van der Waals surface area (Å²) in [4.78, 5) is 0. The van der Waals surface area contributed by atoms with E-state index < -0.39 is 25.7 Å². The Balaban J connectivity index is 4.23. The molecule has 0 rings (SSSR count). The number of hydrogen-bond donors (Lipinski definition) is 0. The van der Waals surface area contributed by atoms with Crippen LogP contribution in [-0.2, 0) is 0 Å². The van der Waals surface area contributed by atoms with Crippen molar-refractivity contribution < 1.29 is 8.22 Å². The Bertz CT molecular complexity index is 97.1. The molecule has 0 atom stereocenters. The van der Waals surface area contributed by atoms with Gasteiger partial charge in [0.05, 0.1) is 0 Å². The van der Waals surface area contributed by atoms with Crippen LogP contribution in [0.3, 0.4) is 0 Å². The van der Waals surface area contributed by atoms with E-state index in [9.17, 15) is 0 Å². The SMILES string of the molecule is [2H][C]([2H])([2H])[Ge]([CH3])[C]([2H])([2H])[2H]. The second-order valence-electron chi connectivity index (χ2n) is 0.625. The molecule has 0 aromatic heterocycles. The Kier molecular flexibility index (Phi) is 0.286. The summed E-state index contributed by atoms with van der Waals surface area (Å²) >= 11 is -2.85. The van der Waals surface area contributed by atoms with Crippen LogP contribution in [0.2, 0.25) is 17.1 Å². The third-order valence-corrected chi connectivity index (χ3v) is 0. The van der Waals surface area contributed by atoms with Crippen molar-refractivity contribution in [1.82, 2.24) is 0 Å². The van der Waals surface area contributed by atoms with E-state index in [0.29, 0.717) is 0 Å². The molecule has 0 N–H and O–H groups in total. The molecule has 0 saturated heterocycles. The van der Waals surface area contributed by atoms with E-state index in [2.05, 4.69) is 0 Å². The van der Waals surface area contributed by atoms with Crippen molar-refractivity contribution in [2.75, 3.05) is 0 Å². The predicted molar refractivity (Wildman–Crippen MR) is 23.3 cm³/mol. The van der Waals surface area contributed by atoms with Crippen molar-refractivity contribution in [3.8, 4) is 0 Å². The van der Waals surface area contributed by atoms with Crippen LogP contribution in [0.5, 0.6) is 0 Å². The first-order chi connectivity index (χ1) is 4.15. The molecule has 0 aliphatic rings. The number of hydrogen-bond acceptors (Lipinski definition) is 0. The van der Waals surface area contributed by atoms with Crippen LogP contribution in [0.25, 0.3) is 0 Å². The molecule has 0 aliphatic carbocycles. The Hall–Kier alpha value is 0.543. The van der Waals surface area contributed by atoms with Crippen LogP contribution in [0.4, 0.5) is 0 Å². The van der Waals surface area contributed by atoms with Gasteiger partial charge < -0.3 is 0 Å². The summed E-state index contributed by atoms with van der Waals surface area (Å²) in [6.45, 7) is 0. The fourth-order valence-electron chi connectivity index (χ4n) is 0. The van der Waals surface area contributed by atoms with Gasteiger partial charge in [-0.25, -0.2) is 0 Å². The second-order valence-corrected chi connectivity index (χ2v) is 3.25. The van der Waals surface area contributed by atoms with Gasteiger partial charge in [0.1, 0.15) is 0 Å². The molecule has 0 unspecified atom stereocenters. The first-order valence-corrected chi connectivity index (χ1v) is 5.20. The van der Waals surface area contributed by atoms with Crippen molar-refractivity contribution in [2.45, 2.75) is 17.1 Å². The maximum atomic E-state index is 6.84. The van der Waals surface area contributed by atoms with E-state index >= 15 is 0 Å². The quantitative estimate of drug-likeness (QED) is 0.427. The Morgan fingerprint density at radius 1 is 1.75 bits per heavy atom. The summed E-state index contributed by atoms with van der Waals surface area (Å²) in [6.07, 6.45) is 0. The van der Waals surface area contributed by atoms with Gasteiger partial charge >= 0.3 is 39.7 Å². The molecule has 0 saturated carbocycles. The molecule has 0 fully saturated rings. The molecule has 0 aliphatic heterocycles. The topological polar surface area (TPSA) is 0 Å². The maximum absolute atomic E-state index is 6.84. The first kappa shape index (κ1) is 0.626. The van der Waals surface area contributed by atoms with Gasteiger partial charge in [-0.3, -0.25) is 0 Å². The zero-order valence-electron chi connectivity index (χ0n) is 8.50. The summed E-state index contributed by atoms with van der Waals surface area (Å²) in [7, 11) is 0. The Morgan fingerprint density at radius 2 is 2.25 bits per heavy atom. The van der Waals surface area contributed by atoms with Crippen LogP contribution in [0.15, 0.2) is 0 Å². The molecule has 1 radical (unpaired) electrons. The standard InChI is InChI=1S/C3H9Ge/c1-4(2)3/h1-3H3/i1D3,2D3. The van der Waals surface area contributed by atoms with Gasteiger partial charge in [-0.05, 0) is 0 Å². The van der Waals surface area contributed by atoms with E-state index in [4.69, 9.17) is 8.22 Å². The van der Waals surface area contributed by atoms with Crippen LogP contribution in [0, 0.1) is 0 Å². The minimum absolute atomic E-state index is 1.38. The van der Waals surface area contributed by atoms with Crippen molar-refractivity contribution in [3.05, 3.63) is 0 Å². The second kappa shape index (κ2) is 1.83. The third-order valence-electron chi connectivity index (χ3n) is 0. The predicted octanol–water partition coefficient (Wildman–Crippen LogP) is 1.37. The van der Waals surface area contributed by atoms with E-state index in [1.54, 1.807) is 0 Å². The van der Waals surface area contributed by atoms with Gasteiger partial charge in [0, 0.05) is 0 Å². The van der Waals surface area contributed by atoms with Crippen molar-refractivity contribution in [3.63, 3.8) is 0 Å². The van der Waals surface area contributed by atoms with Crippen molar-refractivity contribution >= 4 is 14.3 Å².